The molecule has 1 N–H and O–H groups in total. The van der Waals surface area contributed by atoms with Crippen molar-refractivity contribution in [2.45, 2.75) is 27.4 Å². The van der Waals surface area contributed by atoms with E-state index in [0.717, 1.165) is 28.1 Å². The van der Waals surface area contributed by atoms with Crippen LogP contribution < -0.4 is 10.1 Å². The Kier molecular flexibility index (Phi) is 5.19. The summed E-state index contributed by atoms with van der Waals surface area (Å²) in [6, 6.07) is 15.8. The number of hydrogen-bond acceptors (Lipinski definition) is 3. The van der Waals surface area contributed by atoms with Gasteiger partial charge >= 0.3 is 0 Å². The van der Waals surface area contributed by atoms with Crippen LogP contribution in [0, 0.1) is 20.8 Å². The third kappa shape index (κ3) is 4.28. The number of anilines is 1. The van der Waals surface area contributed by atoms with Crippen molar-refractivity contribution >= 4 is 22.9 Å². The molecule has 1 amide bonds. The minimum Gasteiger partial charge on any atom is -0.488 e. The molecule has 3 aromatic rings. The van der Waals surface area contributed by atoms with Crippen molar-refractivity contribution in [1.29, 1.82) is 0 Å². The highest BCUT2D eigenvalue weighted by Gasteiger charge is 2.11. The highest BCUT2D eigenvalue weighted by molar-refractivity contribution is 7.12. The molecule has 3 nitrogen and oxygen atoms in total. The molecular weight excluding hydrogens is 330 g/mol. The van der Waals surface area contributed by atoms with Gasteiger partial charge in [-0.2, -0.15) is 0 Å². The van der Waals surface area contributed by atoms with Crippen molar-refractivity contribution in [3.05, 3.63) is 81.0 Å². The van der Waals surface area contributed by atoms with E-state index in [-0.39, 0.29) is 5.91 Å². The van der Waals surface area contributed by atoms with Gasteiger partial charge in [-0.15, -0.1) is 11.3 Å². The van der Waals surface area contributed by atoms with Gasteiger partial charge in [0.25, 0.3) is 5.91 Å². The zero-order valence-electron chi connectivity index (χ0n) is 14.6. The molecular formula is C21H21NO2S. The molecule has 4 heteroatoms. The number of hydrogen-bond donors (Lipinski definition) is 1. The average molecular weight is 351 g/mol. The number of rotatable bonds is 5. The van der Waals surface area contributed by atoms with Gasteiger partial charge < -0.3 is 10.1 Å². The Morgan fingerprint density at radius 1 is 1.04 bits per heavy atom. The quantitative estimate of drug-likeness (QED) is 0.659. The lowest BCUT2D eigenvalue weighted by Crippen LogP contribution is -2.10. The molecule has 3 rings (SSSR count). The summed E-state index contributed by atoms with van der Waals surface area (Å²) in [5.74, 6) is 0.825. The summed E-state index contributed by atoms with van der Waals surface area (Å²) >= 11 is 1.43. The van der Waals surface area contributed by atoms with E-state index in [1.54, 1.807) is 0 Å². The number of thiophene rings is 1. The van der Waals surface area contributed by atoms with Crippen LogP contribution in [0.3, 0.4) is 0 Å². The summed E-state index contributed by atoms with van der Waals surface area (Å²) in [6.07, 6.45) is 0. The fraction of sp³-hybridized carbons (Fsp3) is 0.190. The first-order chi connectivity index (χ1) is 12.0. The summed E-state index contributed by atoms with van der Waals surface area (Å²) in [5, 5.41) is 4.89. The highest BCUT2D eigenvalue weighted by atomic mass is 32.1. The number of carbonyl (C=O) groups is 1. The molecule has 0 aliphatic carbocycles. The van der Waals surface area contributed by atoms with Crippen LogP contribution in [0.1, 0.15) is 31.9 Å². The van der Waals surface area contributed by atoms with Gasteiger partial charge in [0.15, 0.2) is 0 Å². The molecule has 0 aliphatic heterocycles. The lowest BCUT2D eigenvalue weighted by Gasteiger charge is -2.10. The first-order valence-electron chi connectivity index (χ1n) is 8.17. The summed E-state index contributed by atoms with van der Waals surface area (Å²) in [7, 11) is 0. The van der Waals surface area contributed by atoms with Gasteiger partial charge in [-0.3, -0.25) is 4.79 Å². The SMILES string of the molecule is Cc1ccc(NC(=O)c2cc(COc3c(C)cccc3C)cs2)cc1. The van der Waals surface area contributed by atoms with Gasteiger partial charge in [-0.1, -0.05) is 35.9 Å². The molecule has 0 bridgehead atoms. The zero-order chi connectivity index (χ0) is 17.8. The lowest BCUT2D eigenvalue weighted by molar-refractivity contribution is 0.103. The third-order valence-corrected chi connectivity index (χ3v) is 4.96. The van der Waals surface area contributed by atoms with E-state index in [2.05, 4.69) is 5.32 Å². The number of para-hydroxylation sites is 1. The molecule has 0 unspecified atom stereocenters. The molecule has 0 saturated heterocycles. The van der Waals surface area contributed by atoms with Crippen LogP contribution in [-0.4, -0.2) is 5.91 Å². The van der Waals surface area contributed by atoms with E-state index < -0.39 is 0 Å². The summed E-state index contributed by atoms with van der Waals surface area (Å²) in [5.41, 5.74) is 5.21. The molecule has 1 aromatic heterocycles. The normalized spacial score (nSPS) is 10.5. The van der Waals surface area contributed by atoms with Gasteiger partial charge in [0.05, 0.1) is 4.88 Å². The monoisotopic (exact) mass is 351 g/mol. The fourth-order valence-electron chi connectivity index (χ4n) is 2.58. The third-order valence-electron chi connectivity index (χ3n) is 3.98. The van der Waals surface area contributed by atoms with Crippen LogP contribution in [0.2, 0.25) is 0 Å². The maximum atomic E-state index is 12.4. The second-order valence-corrected chi connectivity index (χ2v) is 7.06. The Morgan fingerprint density at radius 3 is 2.40 bits per heavy atom. The second-order valence-electron chi connectivity index (χ2n) is 6.15. The maximum absolute atomic E-state index is 12.4. The number of carbonyl (C=O) groups excluding carboxylic acids is 1. The average Bonchev–Trinajstić information content (AvgIpc) is 3.06. The molecule has 2 aromatic carbocycles. The molecule has 0 fully saturated rings. The molecule has 0 aliphatic rings. The van der Waals surface area contributed by atoms with Gasteiger partial charge in [0.1, 0.15) is 12.4 Å². The molecule has 128 valence electrons. The topological polar surface area (TPSA) is 38.3 Å². The minimum absolute atomic E-state index is 0.0906. The standard InChI is InChI=1S/C21H21NO2S/c1-14-7-9-18(10-8-14)22-21(23)19-11-17(13-25-19)12-24-20-15(2)5-4-6-16(20)3/h4-11,13H,12H2,1-3H3,(H,22,23). The molecule has 0 atom stereocenters. The molecule has 25 heavy (non-hydrogen) atoms. The predicted octanol–water partition coefficient (Wildman–Crippen LogP) is 5.50. The van der Waals surface area contributed by atoms with Crippen LogP contribution in [0.25, 0.3) is 0 Å². The van der Waals surface area contributed by atoms with E-state index in [1.165, 1.54) is 16.9 Å². The number of ether oxygens (including phenoxy) is 1. The Balaban J connectivity index is 1.64. The van der Waals surface area contributed by atoms with Crippen LogP contribution in [0.15, 0.2) is 53.9 Å². The minimum atomic E-state index is -0.0906. The van der Waals surface area contributed by atoms with Crippen LogP contribution in [0.4, 0.5) is 5.69 Å². The Bertz CT molecular complexity index is 861. The van der Waals surface area contributed by atoms with Gasteiger partial charge in [0.2, 0.25) is 0 Å². The Morgan fingerprint density at radius 2 is 1.72 bits per heavy atom. The van der Waals surface area contributed by atoms with E-state index in [1.807, 2.05) is 74.7 Å². The first kappa shape index (κ1) is 17.2. The Labute approximate surface area is 152 Å². The van der Waals surface area contributed by atoms with Crippen LogP contribution in [0.5, 0.6) is 5.75 Å². The van der Waals surface area contributed by atoms with Crippen molar-refractivity contribution < 1.29 is 9.53 Å². The molecule has 0 radical (unpaired) electrons. The van der Waals surface area contributed by atoms with E-state index in [9.17, 15) is 4.79 Å². The summed E-state index contributed by atoms with van der Waals surface area (Å²) in [4.78, 5) is 13.0. The van der Waals surface area contributed by atoms with Gasteiger partial charge in [0, 0.05) is 11.3 Å². The van der Waals surface area contributed by atoms with Gasteiger partial charge in [-0.05, 0) is 55.5 Å². The van der Waals surface area contributed by atoms with E-state index in [4.69, 9.17) is 4.74 Å². The summed E-state index contributed by atoms with van der Waals surface area (Å²) < 4.78 is 5.95. The largest absolute Gasteiger partial charge is 0.488 e. The fourth-order valence-corrected chi connectivity index (χ4v) is 3.37. The van der Waals surface area contributed by atoms with E-state index in [0.29, 0.717) is 11.5 Å². The first-order valence-corrected chi connectivity index (χ1v) is 9.05. The van der Waals surface area contributed by atoms with Gasteiger partial charge in [-0.25, -0.2) is 0 Å². The highest BCUT2D eigenvalue weighted by Crippen LogP contribution is 2.25. The number of aryl methyl sites for hydroxylation is 3. The smallest absolute Gasteiger partial charge is 0.265 e. The maximum Gasteiger partial charge on any atom is 0.265 e. The molecule has 0 saturated carbocycles. The lowest BCUT2D eigenvalue weighted by atomic mass is 10.1. The summed E-state index contributed by atoms with van der Waals surface area (Å²) in [6.45, 7) is 6.56. The number of amides is 1. The Hall–Kier alpha value is -2.59. The van der Waals surface area contributed by atoms with Crippen molar-refractivity contribution in [2.24, 2.45) is 0 Å². The number of nitrogens with one attached hydrogen (secondary N) is 1. The molecule has 0 spiro atoms. The van der Waals surface area contributed by atoms with Crippen molar-refractivity contribution in [1.82, 2.24) is 0 Å². The van der Waals surface area contributed by atoms with Crippen molar-refractivity contribution in [2.75, 3.05) is 5.32 Å². The van der Waals surface area contributed by atoms with Crippen LogP contribution in [-0.2, 0) is 6.61 Å². The second kappa shape index (κ2) is 7.53. The van der Waals surface area contributed by atoms with E-state index >= 15 is 0 Å². The van der Waals surface area contributed by atoms with Crippen molar-refractivity contribution in [3.63, 3.8) is 0 Å². The molecule has 1 heterocycles. The zero-order valence-corrected chi connectivity index (χ0v) is 15.4. The van der Waals surface area contributed by atoms with Crippen LogP contribution >= 0.6 is 11.3 Å². The van der Waals surface area contributed by atoms with Crippen molar-refractivity contribution in [3.8, 4) is 5.75 Å². The predicted molar refractivity (Wildman–Crippen MR) is 104 cm³/mol. The number of benzene rings is 2.